The van der Waals surface area contributed by atoms with Crippen molar-refractivity contribution in [2.75, 3.05) is 6.54 Å². The number of pyridine rings is 1. The summed E-state index contributed by atoms with van der Waals surface area (Å²) in [5.74, 6) is 1.13. The van der Waals surface area contributed by atoms with Crippen molar-refractivity contribution >= 4 is 11.0 Å². The molecule has 0 radical (unpaired) electrons. The summed E-state index contributed by atoms with van der Waals surface area (Å²) in [5.41, 5.74) is 2.15. The first-order valence-corrected chi connectivity index (χ1v) is 5.36. The Morgan fingerprint density at radius 1 is 1.53 bits per heavy atom. The van der Waals surface area contributed by atoms with Gasteiger partial charge in [0.15, 0.2) is 0 Å². The predicted octanol–water partition coefficient (Wildman–Crippen LogP) is 1.39. The predicted molar refractivity (Wildman–Crippen MR) is 58.5 cm³/mol. The molecule has 0 amide bonds. The molecule has 0 aromatic carbocycles. The van der Waals surface area contributed by atoms with Crippen LogP contribution in [0.3, 0.4) is 0 Å². The first kappa shape index (κ1) is 8.85. The SMILES string of the molecule is Cn1c(C2CCCN2)nc2ccncc21. The number of nitrogens with zero attached hydrogens (tertiary/aromatic N) is 3. The molecule has 4 heteroatoms. The van der Waals surface area contributed by atoms with Gasteiger partial charge in [-0.05, 0) is 25.5 Å². The fraction of sp³-hybridized carbons (Fsp3) is 0.455. The number of fused-ring (bicyclic) bond motifs is 1. The Balaban J connectivity index is 2.14. The van der Waals surface area contributed by atoms with E-state index < -0.39 is 0 Å². The lowest BCUT2D eigenvalue weighted by molar-refractivity contribution is 0.584. The van der Waals surface area contributed by atoms with Crippen LogP contribution in [-0.4, -0.2) is 21.1 Å². The number of aryl methyl sites for hydroxylation is 1. The van der Waals surface area contributed by atoms with Crippen molar-refractivity contribution in [3.8, 4) is 0 Å². The average molecular weight is 202 g/mol. The van der Waals surface area contributed by atoms with E-state index in [0.29, 0.717) is 6.04 Å². The minimum Gasteiger partial charge on any atom is -0.329 e. The minimum absolute atomic E-state index is 0.419. The summed E-state index contributed by atoms with van der Waals surface area (Å²) in [6.07, 6.45) is 6.10. The summed E-state index contributed by atoms with van der Waals surface area (Å²) >= 11 is 0. The molecule has 1 aliphatic rings. The smallest absolute Gasteiger partial charge is 0.126 e. The van der Waals surface area contributed by atoms with Gasteiger partial charge in [0.05, 0.1) is 23.3 Å². The first-order valence-electron chi connectivity index (χ1n) is 5.36. The van der Waals surface area contributed by atoms with E-state index in [2.05, 4.69) is 26.9 Å². The summed E-state index contributed by atoms with van der Waals surface area (Å²) in [6.45, 7) is 1.10. The highest BCUT2D eigenvalue weighted by molar-refractivity contribution is 5.74. The van der Waals surface area contributed by atoms with Gasteiger partial charge >= 0.3 is 0 Å². The third-order valence-electron chi connectivity index (χ3n) is 3.09. The lowest BCUT2D eigenvalue weighted by Gasteiger charge is -2.09. The maximum atomic E-state index is 4.65. The molecular formula is C11H14N4. The Bertz CT molecular complexity index is 482. The van der Waals surface area contributed by atoms with Gasteiger partial charge in [-0.3, -0.25) is 4.98 Å². The van der Waals surface area contributed by atoms with Gasteiger partial charge in [0, 0.05) is 13.2 Å². The quantitative estimate of drug-likeness (QED) is 0.760. The Morgan fingerprint density at radius 3 is 3.20 bits per heavy atom. The van der Waals surface area contributed by atoms with Crippen molar-refractivity contribution in [3.63, 3.8) is 0 Å². The van der Waals surface area contributed by atoms with Crippen molar-refractivity contribution in [2.24, 2.45) is 7.05 Å². The van der Waals surface area contributed by atoms with Gasteiger partial charge in [-0.15, -0.1) is 0 Å². The second kappa shape index (κ2) is 3.31. The fourth-order valence-corrected chi connectivity index (χ4v) is 2.27. The lowest BCUT2D eigenvalue weighted by atomic mass is 10.2. The van der Waals surface area contributed by atoms with E-state index in [4.69, 9.17) is 0 Å². The maximum Gasteiger partial charge on any atom is 0.126 e. The number of hydrogen-bond acceptors (Lipinski definition) is 3. The normalized spacial score (nSPS) is 21.3. The van der Waals surface area contributed by atoms with E-state index in [-0.39, 0.29) is 0 Å². The van der Waals surface area contributed by atoms with Gasteiger partial charge in [-0.25, -0.2) is 4.98 Å². The third-order valence-corrected chi connectivity index (χ3v) is 3.09. The first-order chi connectivity index (χ1) is 7.36. The summed E-state index contributed by atoms with van der Waals surface area (Å²) < 4.78 is 2.14. The molecule has 1 saturated heterocycles. The molecule has 0 bridgehead atoms. The van der Waals surface area contributed by atoms with Crippen molar-refractivity contribution in [1.82, 2.24) is 19.9 Å². The van der Waals surface area contributed by atoms with E-state index in [1.54, 1.807) is 6.20 Å². The van der Waals surface area contributed by atoms with Crippen molar-refractivity contribution in [1.29, 1.82) is 0 Å². The van der Waals surface area contributed by atoms with E-state index in [0.717, 1.165) is 23.4 Å². The molecule has 2 aromatic heterocycles. The van der Waals surface area contributed by atoms with Gasteiger partial charge in [0.25, 0.3) is 0 Å². The third kappa shape index (κ3) is 1.33. The van der Waals surface area contributed by atoms with Crippen LogP contribution in [-0.2, 0) is 7.05 Å². The number of aromatic nitrogens is 3. The number of imidazole rings is 1. The highest BCUT2D eigenvalue weighted by Crippen LogP contribution is 2.24. The van der Waals surface area contributed by atoms with E-state index >= 15 is 0 Å². The van der Waals surface area contributed by atoms with Crippen LogP contribution in [0.2, 0.25) is 0 Å². The molecule has 78 valence electrons. The highest BCUT2D eigenvalue weighted by atomic mass is 15.1. The molecule has 15 heavy (non-hydrogen) atoms. The van der Waals surface area contributed by atoms with Gasteiger partial charge in [0.2, 0.25) is 0 Å². The van der Waals surface area contributed by atoms with E-state index in [1.807, 2.05) is 12.3 Å². The van der Waals surface area contributed by atoms with Crippen molar-refractivity contribution in [3.05, 3.63) is 24.3 Å². The van der Waals surface area contributed by atoms with Crippen LogP contribution in [0.5, 0.6) is 0 Å². The monoisotopic (exact) mass is 202 g/mol. The summed E-state index contributed by atoms with van der Waals surface area (Å²) in [6, 6.07) is 2.38. The summed E-state index contributed by atoms with van der Waals surface area (Å²) in [4.78, 5) is 8.79. The highest BCUT2D eigenvalue weighted by Gasteiger charge is 2.21. The Kier molecular flexibility index (Phi) is 1.95. The Hall–Kier alpha value is -1.42. The Labute approximate surface area is 88.3 Å². The molecule has 1 atom stereocenters. The standard InChI is InChI=1S/C11H14N4/c1-15-10-7-12-6-4-8(10)14-11(15)9-3-2-5-13-9/h4,6-7,9,13H,2-3,5H2,1H3. The van der Waals surface area contributed by atoms with Crippen LogP contribution in [0.4, 0.5) is 0 Å². The van der Waals surface area contributed by atoms with Gasteiger partial charge < -0.3 is 9.88 Å². The maximum absolute atomic E-state index is 4.65. The molecular weight excluding hydrogens is 188 g/mol. The van der Waals surface area contributed by atoms with Gasteiger partial charge in [-0.2, -0.15) is 0 Å². The number of hydrogen-bond donors (Lipinski definition) is 1. The van der Waals surface area contributed by atoms with Crippen molar-refractivity contribution < 1.29 is 0 Å². The van der Waals surface area contributed by atoms with Crippen LogP contribution in [0.25, 0.3) is 11.0 Å². The zero-order chi connectivity index (χ0) is 10.3. The van der Waals surface area contributed by atoms with Gasteiger partial charge in [-0.1, -0.05) is 0 Å². The lowest BCUT2D eigenvalue weighted by Crippen LogP contribution is -2.16. The van der Waals surface area contributed by atoms with Gasteiger partial charge in [0.1, 0.15) is 5.82 Å². The Morgan fingerprint density at radius 2 is 2.47 bits per heavy atom. The average Bonchev–Trinajstić information content (AvgIpc) is 2.87. The molecule has 1 unspecified atom stereocenters. The molecule has 3 rings (SSSR count). The molecule has 1 aliphatic heterocycles. The van der Waals surface area contributed by atoms with Crippen LogP contribution in [0, 0.1) is 0 Å². The van der Waals surface area contributed by atoms with Crippen LogP contribution in [0.1, 0.15) is 24.7 Å². The van der Waals surface area contributed by atoms with Crippen LogP contribution in [0.15, 0.2) is 18.5 Å². The number of nitrogens with one attached hydrogen (secondary N) is 1. The summed E-state index contributed by atoms with van der Waals surface area (Å²) in [7, 11) is 2.06. The van der Waals surface area contributed by atoms with Crippen LogP contribution < -0.4 is 5.32 Å². The van der Waals surface area contributed by atoms with Crippen molar-refractivity contribution in [2.45, 2.75) is 18.9 Å². The second-order valence-corrected chi connectivity index (χ2v) is 4.04. The molecule has 1 fully saturated rings. The van der Waals surface area contributed by atoms with Crippen LogP contribution >= 0.6 is 0 Å². The molecule has 2 aromatic rings. The molecule has 4 nitrogen and oxygen atoms in total. The van der Waals surface area contributed by atoms with E-state index in [9.17, 15) is 0 Å². The zero-order valence-electron chi connectivity index (χ0n) is 8.77. The summed E-state index contributed by atoms with van der Waals surface area (Å²) in [5, 5.41) is 3.47. The zero-order valence-corrected chi connectivity index (χ0v) is 8.77. The second-order valence-electron chi connectivity index (χ2n) is 4.04. The fourth-order valence-electron chi connectivity index (χ4n) is 2.27. The molecule has 0 spiro atoms. The minimum atomic E-state index is 0.419. The molecule has 0 saturated carbocycles. The number of rotatable bonds is 1. The largest absolute Gasteiger partial charge is 0.329 e. The molecule has 3 heterocycles. The van der Waals surface area contributed by atoms with E-state index in [1.165, 1.54) is 12.8 Å². The molecule has 1 N–H and O–H groups in total. The molecule has 0 aliphatic carbocycles. The topological polar surface area (TPSA) is 42.7 Å².